The van der Waals surface area contributed by atoms with Crippen molar-refractivity contribution in [2.24, 2.45) is 5.92 Å². The fourth-order valence-corrected chi connectivity index (χ4v) is 2.88. The van der Waals surface area contributed by atoms with Gasteiger partial charge in [0.05, 0.1) is 7.11 Å². The van der Waals surface area contributed by atoms with Crippen molar-refractivity contribution in [3.05, 3.63) is 29.6 Å². The van der Waals surface area contributed by atoms with Crippen molar-refractivity contribution in [2.45, 2.75) is 32.2 Å². The van der Waals surface area contributed by atoms with Crippen LogP contribution >= 0.6 is 0 Å². The predicted molar refractivity (Wildman–Crippen MR) is 77.7 cm³/mol. The highest BCUT2D eigenvalue weighted by atomic mass is 19.1. The molecular weight excluding hydrogens is 257 g/mol. The van der Waals surface area contributed by atoms with E-state index in [0.29, 0.717) is 17.7 Å². The van der Waals surface area contributed by atoms with Gasteiger partial charge in [-0.15, -0.1) is 0 Å². The average molecular weight is 281 g/mol. The van der Waals surface area contributed by atoms with Gasteiger partial charge in [-0.05, 0) is 49.4 Å². The van der Waals surface area contributed by atoms with E-state index in [1.54, 1.807) is 12.1 Å². The van der Waals surface area contributed by atoms with Crippen molar-refractivity contribution in [1.82, 2.24) is 5.32 Å². The van der Waals surface area contributed by atoms with Crippen LogP contribution in [0.5, 0.6) is 5.75 Å². The van der Waals surface area contributed by atoms with E-state index in [4.69, 9.17) is 9.47 Å². The van der Waals surface area contributed by atoms with Gasteiger partial charge in [0.2, 0.25) is 0 Å². The number of halogens is 1. The summed E-state index contributed by atoms with van der Waals surface area (Å²) in [6, 6.07) is 5.63. The van der Waals surface area contributed by atoms with E-state index in [1.165, 1.54) is 7.11 Å². The first-order valence-corrected chi connectivity index (χ1v) is 7.38. The van der Waals surface area contributed by atoms with Crippen LogP contribution in [0.4, 0.5) is 4.39 Å². The molecule has 0 radical (unpaired) electrons. The first-order chi connectivity index (χ1) is 9.74. The molecule has 1 N–H and O–H groups in total. The second kappa shape index (κ2) is 7.60. The van der Waals surface area contributed by atoms with Gasteiger partial charge in [-0.3, -0.25) is 0 Å². The van der Waals surface area contributed by atoms with E-state index < -0.39 is 0 Å². The summed E-state index contributed by atoms with van der Waals surface area (Å²) in [5, 5.41) is 3.54. The minimum Gasteiger partial charge on any atom is -0.494 e. The van der Waals surface area contributed by atoms with Crippen LogP contribution in [0.15, 0.2) is 18.2 Å². The molecule has 1 aliphatic heterocycles. The molecule has 1 saturated heterocycles. The fraction of sp³-hybridized carbons (Fsp3) is 0.625. The lowest BCUT2D eigenvalue weighted by Crippen LogP contribution is -2.40. The molecule has 0 aliphatic carbocycles. The highest BCUT2D eigenvalue weighted by Gasteiger charge is 2.23. The van der Waals surface area contributed by atoms with Gasteiger partial charge in [-0.25, -0.2) is 4.39 Å². The van der Waals surface area contributed by atoms with Gasteiger partial charge >= 0.3 is 0 Å². The average Bonchev–Trinajstić information content (AvgIpc) is 2.48. The van der Waals surface area contributed by atoms with Crippen LogP contribution in [0.1, 0.15) is 25.3 Å². The predicted octanol–water partition coefficient (Wildman–Crippen LogP) is 2.78. The Morgan fingerprint density at radius 1 is 1.40 bits per heavy atom. The summed E-state index contributed by atoms with van der Waals surface area (Å²) < 4.78 is 24.1. The standard InChI is InChI=1S/C16H24FNO2/c1-3-18-15(13-6-8-20-9-7-13)11-12-4-5-16(19-2)14(17)10-12/h4-5,10,13,15,18H,3,6-9,11H2,1-2H3. The summed E-state index contributed by atoms with van der Waals surface area (Å²) >= 11 is 0. The van der Waals surface area contributed by atoms with E-state index >= 15 is 0 Å². The van der Waals surface area contributed by atoms with Gasteiger partial charge in [0.15, 0.2) is 11.6 Å². The Morgan fingerprint density at radius 2 is 2.15 bits per heavy atom. The summed E-state index contributed by atoms with van der Waals surface area (Å²) in [6.07, 6.45) is 3.01. The van der Waals surface area contributed by atoms with Gasteiger partial charge in [0.25, 0.3) is 0 Å². The Kier molecular flexibility index (Phi) is 5.80. The summed E-state index contributed by atoms with van der Waals surface area (Å²) in [4.78, 5) is 0. The molecule has 1 unspecified atom stereocenters. The molecule has 20 heavy (non-hydrogen) atoms. The van der Waals surface area contributed by atoms with Gasteiger partial charge in [0, 0.05) is 19.3 Å². The quantitative estimate of drug-likeness (QED) is 0.869. The van der Waals surface area contributed by atoms with E-state index in [2.05, 4.69) is 12.2 Å². The molecule has 0 aromatic heterocycles. The molecule has 0 spiro atoms. The number of likely N-dealkylation sites (N-methyl/N-ethyl adjacent to an activating group) is 1. The molecule has 1 atom stereocenters. The molecule has 0 bridgehead atoms. The molecule has 2 rings (SSSR count). The van der Waals surface area contributed by atoms with Crippen LogP contribution in [0, 0.1) is 11.7 Å². The topological polar surface area (TPSA) is 30.5 Å². The molecule has 1 aromatic rings. The Balaban J connectivity index is 2.04. The summed E-state index contributed by atoms with van der Waals surface area (Å²) in [6.45, 7) is 4.72. The Morgan fingerprint density at radius 3 is 2.75 bits per heavy atom. The van der Waals surface area contributed by atoms with Crippen LogP contribution in [0.3, 0.4) is 0 Å². The number of hydrogen-bond donors (Lipinski definition) is 1. The van der Waals surface area contributed by atoms with Crippen LogP contribution in [-0.4, -0.2) is 32.9 Å². The second-order valence-electron chi connectivity index (χ2n) is 5.29. The lowest BCUT2D eigenvalue weighted by atomic mass is 9.87. The molecule has 1 aromatic carbocycles. The first kappa shape index (κ1) is 15.3. The highest BCUT2D eigenvalue weighted by Crippen LogP contribution is 2.24. The van der Waals surface area contributed by atoms with E-state index in [9.17, 15) is 4.39 Å². The molecule has 0 amide bonds. The molecule has 4 heteroatoms. The van der Waals surface area contributed by atoms with Gasteiger partial charge in [0.1, 0.15) is 0 Å². The van der Waals surface area contributed by atoms with Crippen molar-refractivity contribution >= 4 is 0 Å². The van der Waals surface area contributed by atoms with Crippen LogP contribution in [-0.2, 0) is 11.2 Å². The number of ether oxygens (including phenoxy) is 2. The Bertz CT molecular complexity index is 419. The van der Waals surface area contributed by atoms with Crippen molar-refractivity contribution in [3.63, 3.8) is 0 Å². The molecule has 1 fully saturated rings. The zero-order valence-electron chi connectivity index (χ0n) is 12.3. The van der Waals surface area contributed by atoms with Crippen LogP contribution in [0.2, 0.25) is 0 Å². The maximum atomic E-state index is 13.8. The monoisotopic (exact) mass is 281 g/mol. The minimum absolute atomic E-state index is 0.285. The third-order valence-corrected chi connectivity index (χ3v) is 3.97. The normalized spacial score (nSPS) is 17.9. The SMILES string of the molecule is CCNC(Cc1ccc(OC)c(F)c1)C1CCOCC1. The van der Waals surface area contributed by atoms with E-state index in [0.717, 1.165) is 44.6 Å². The molecular formula is C16H24FNO2. The maximum absolute atomic E-state index is 13.8. The largest absolute Gasteiger partial charge is 0.494 e. The number of methoxy groups -OCH3 is 1. The summed E-state index contributed by atoms with van der Waals surface area (Å²) in [7, 11) is 1.49. The third kappa shape index (κ3) is 3.93. The van der Waals surface area contributed by atoms with E-state index in [1.807, 2.05) is 6.07 Å². The number of benzene rings is 1. The minimum atomic E-state index is -0.285. The smallest absolute Gasteiger partial charge is 0.165 e. The van der Waals surface area contributed by atoms with E-state index in [-0.39, 0.29) is 5.82 Å². The molecule has 112 valence electrons. The molecule has 3 nitrogen and oxygen atoms in total. The van der Waals surface area contributed by atoms with Crippen molar-refractivity contribution in [1.29, 1.82) is 0 Å². The lowest BCUT2D eigenvalue weighted by Gasteiger charge is -2.31. The Hall–Kier alpha value is -1.13. The maximum Gasteiger partial charge on any atom is 0.165 e. The van der Waals surface area contributed by atoms with Crippen LogP contribution in [0.25, 0.3) is 0 Å². The third-order valence-electron chi connectivity index (χ3n) is 3.97. The van der Waals surface area contributed by atoms with Gasteiger partial charge in [-0.1, -0.05) is 13.0 Å². The Labute approximate surface area is 120 Å². The van der Waals surface area contributed by atoms with Crippen molar-refractivity contribution in [2.75, 3.05) is 26.9 Å². The molecule has 1 aliphatic rings. The highest BCUT2D eigenvalue weighted by molar-refractivity contribution is 5.29. The lowest BCUT2D eigenvalue weighted by molar-refractivity contribution is 0.0539. The van der Waals surface area contributed by atoms with Crippen molar-refractivity contribution < 1.29 is 13.9 Å². The summed E-state index contributed by atoms with van der Waals surface area (Å²) in [5.74, 6) is 0.626. The first-order valence-electron chi connectivity index (χ1n) is 7.38. The number of rotatable bonds is 6. The van der Waals surface area contributed by atoms with Crippen molar-refractivity contribution in [3.8, 4) is 5.75 Å². The summed E-state index contributed by atoms with van der Waals surface area (Å²) in [5.41, 5.74) is 1.01. The number of hydrogen-bond acceptors (Lipinski definition) is 3. The second-order valence-corrected chi connectivity index (χ2v) is 5.29. The van der Waals surface area contributed by atoms with Gasteiger partial charge < -0.3 is 14.8 Å². The van der Waals surface area contributed by atoms with Crippen LogP contribution < -0.4 is 10.1 Å². The number of nitrogens with one attached hydrogen (secondary N) is 1. The molecule has 0 saturated carbocycles. The zero-order chi connectivity index (χ0) is 14.4. The van der Waals surface area contributed by atoms with Gasteiger partial charge in [-0.2, -0.15) is 0 Å². The molecule has 1 heterocycles. The zero-order valence-corrected chi connectivity index (χ0v) is 12.3. The fourth-order valence-electron chi connectivity index (χ4n) is 2.88.